The second-order valence-corrected chi connectivity index (χ2v) is 30.6. The van der Waals surface area contributed by atoms with Gasteiger partial charge in [0.05, 0.1) is 50.4 Å². The number of carbonyl (C=O) groups is 7. The zero-order valence-electron chi connectivity index (χ0n) is 68.1. The van der Waals surface area contributed by atoms with Gasteiger partial charge in [-0.05, 0) is 215 Å². The first kappa shape index (κ1) is 86.2. The summed E-state index contributed by atoms with van der Waals surface area (Å²) in [6.07, 6.45) is 14.1. The maximum atomic E-state index is 13.4. The molecule has 3 amide bonds. The van der Waals surface area contributed by atoms with Gasteiger partial charge in [0.15, 0.2) is 0 Å². The van der Waals surface area contributed by atoms with Crippen LogP contribution >= 0.6 is 0 Å². The Labute approximate surface area is 700 Å². The molecule has 0 aliphatic heterocycles. The first-order valence-corrected chi connectivity index (χ1v) is 38.3. The van der Waals surface area contributed by atoms with Gasteiger partial charge in [0.1, 0.15) is 47.3 Å². The number of aryl methyl sites for hydroxylation is 1. The fourth-order valence-electron chi connectivity index (χ4n) is 12.2. The molecule has 0 aliphatic rings. The Morgan fingerprint density at radius 2 is 0.545 bits per heavy atom. The second kappa shape index (κ2) is 38.9. The number of carboxylic acids is 1. The zero-order valence-corrected chi connectivity index (χ0v) is 68.1. The van der Waals surface area contributed by atoms with Crippen molar-refractivity contribution in [1.29, 1.82) is 0 Å². The monoisotopic (exact) mass is 1610 g/mol. The van der Waals surface area contributed by atoms with E-state index in [1.54, 1.807) is 137 Å². The number of nitrogen functional groups attached to an aromatic ring is 1. The van der Waals surface area contributed by atoms with Crippen LogP contribution in [0.5, 0.6) is 11.5 Å². The highest BCUT2D eigenvalue weighted by Crippen LogP contribution is 2.36. The maximum absolute atomic E-state index is 13.4. The summed E-state index contributed by atoms with van der Waals surface area (Å²) in [4.78, 5) is 113. The van der Waals surface area contributed by atoms with Crippen molar-refractivity contribution in [2.45, 2.75) is 86.0 Å². The molecule has 8 N–H and O–H groups in total. The van der Waals surface area contributed by atoms with Crippen LogP contribution in [0, 0.1) is 6.92 Å². The summed E-state index contributed by atoms with van der Waals surface area (Å²) in [5, 5.41) is 38.6. The number of benzene rings is 11. The van der Waals surface area contributed by atoms with Crippen LogP contribution in [0.15, 0.2) is 305 Å². The smallest absolute Gasteiger partial charge is 0.340 e. The molecule has 0 fully saturated rings. The number of ether oxygens (including phenoxy) is 3. The number of carboxylic acid groups (broad SMARTS) is 1. The Morgan fingerprint density at radius 3 is 0.860 bits per heavy atom. The quantitative estimate of drug-likeness (QED) is 0.0253. The van der Waals surface area contributed by atoms with Crippen LogP contribution in [0.4, 0.5) is 22.7 Å². The lowest BCUT2D eigenvalue weighted by Gasteiger charge is -2.21. The van der Waals surface area contributed by atoms with Crippen LogP contribution in [0.2, 0.25) is 0 Å². The van der Waals surface area contributed by atoms with Gasteiger partial charge in [-0.2, -0.15) is 0 Å². The van der Waals surface area contributed by atoms with E-state index in [0.717, 1.165) is 61.2 Å². The van der Waals surface area contributed by atoms with E-state index in [2.05, 4.69) is 45.9 Å². The Balaban J connectivity index is 0.000000160. The number of nitrogens with one attached hydrogen (secondary N) is 3. The normalized spacial score (nSPS) is 10.9. The van der Waals surface area contributed by atoms with Crippen molar-refractivity contribution in [3.05, 3.63) is 349 Å². The number of amides is 3. The van der Waals surface area contributed by atoms with E-state index in [4.69, 9.17) is 19.9 Å². The van der Waals surface area contributed by atoms with E-state index < -0.39 is 52.5 Å². The topological polar surface area (TPSA) is 347 Å². The average molecular weight is 1610 g/mol. The fraction of sp³-hybridized carbons (Fsp3) is 0.133. The number of aromatic carboxylic acids is 1. The summed E-state index contributed by atoms with van der Waals surface area (Å²) in [5.41, 5.74) is 19.1. The highest BCUT2D eigenvalue weighted by Gasteiger charge is 2.27. The van der Waals surface area contributed by atoms with Gasteiger partial charge in [0, 0.05) is 65.1 Å². The molecule has 0 saturated heterocycles. The SMILES string of the molecule is CC(C)(C)OC(=O)c1ccc(-c2ccccc2)cc1N.CC(C)(C)OC(=O)c1ccc(-c2ccccc2)cc1NC(=O)c1cc(-c2cncnc2)ccc1O.Cc1ccc(-c2cncnc2)cc1C(=O)Nc1cc(-c2ccccc2)ccc1C(=O)OC(C)(C)C.O=C(Nc1cc(-c2ccccc2)ccc1C(=O)O)c1cc(-c2cncnc2)ccc1O. The number of rotatable bonds is 17. The lowest BCUT2D eigenvalue weighted by Crippen LogP contribution is -2.25. The Kier molecular flexibility index (Phi) is 27.7. The molecule has 0 aliphatic carbocycles. The first-order chi connectivity index (χ1) is 57.8. The van der Waals surface area contributed by atoms with Crippen molar-refractivity contribution in [2.24, 2.45) is 0 Å². The molecule has 14 rings (SSSR count). The largest absolute Gasteiger partial charge is 0.507 e. The van der Waals surface area contributed by atoms with E-state index in [1.165, 1.54) is 43.2 Å². The fourth-order valence-corrected chi connectivity index (χ4v) is 12.2. The molecule has 608 valence electrons. The predicted molar refractivity (Wildman–Crippen MR) is 469 cm³/mol. The number of hydrogen-bond donors (Lipinski definition) is 7. The number of hydrogen-bond acceptors (Lipinski definition) is 19. The third-order valence-electron chi connectivity index (χ3n) is 18.0. The third-order valence-corrected chi connectivity index (χ3v) is 18.0. The number of phenols is 2. The van der Waals surface area contributed by atoms with Crippen LogP contribution in [0.1, 0.15) is 140 Å². The first-order valence-electron chi connectivity index (χ1n) is 38.3. The highest BCUT2D eigenvalue weighted by molar-refractivity contribution is 6.13. The summed E-state index contributed by atoms with van der Waals surface area (Å²) >= 11 is 0. The molecule has 0 saturated carbocycles. The van der Waals surface area contributed by atoms with Gasteiger partial charge in [-0.1, -0.05) is 170 Å². The van der Waals surface area contributed by atoms with Crippen molar-refractivity contribution in [1.82, 2.24) is 29.9 Å². The number of nitrogens with two attached hydrogens (primary N) is 1. The average Bonchev–Trinajstić information content (AvgIpc) is 0.807. The van der Waals surface area contributed by atoms with Gasteiger partial charge in [0.2, 0.25) is 0 Å². The molecule has 3 heterocycles. The molecule has 3 aromatic heterocycles. The lowest BCUT2D eigenvalue weighted by molar-refractivity contribution is 0.00580. The molecule has 0 unspecified atom stereocenters. The van der Waals surface area contributed by atoms with Crippen LogP contribution in [-0.4, -0.2) is 104 Å². The molecule has 121 heavy (non-hydrogen) atoms. The number of esters is 3. The predicted octanol–water partition coefficient (Wildman–Crippen LogP) is 20.4. The van der Waals surface area contributed by atoms with Crippen LogP contribution in [-0.2, 0) is 14.2 Å². The van der Waals surface area contributed by atoms with Gasteiger partial charge in [-0.3, -0.25) is 14.4 Å². The van der Waals surface area contributed by atoms with Gasteiger partial charge in [-0.15, -0.1) is 0 Å². The molecule has 23 nitrogen and oxygen atoms in total. The van der Waals surface area contributed by atoms with Crippen molar-refractivity contribution < 1.29 is 63.1 Å². The summed E-state index contributed by atoms with van der Waals surface area (Å²) in [6.45, 7) is 18.1. The van der Waals surface area contributed by atoms with Crippen molar-refractivity contribution in [2.75, 3.05) is 21.7 Å². The van der Waals surface area contributed by atoms with Gasteiger partial charge in [0.25, 0.3) is 17.7 Å². The lowest BCUT2D eigenvalue weighted by atomic mass is 9.99. The second-order valence-electron chi connectivity index (χ2n) is 30.6. The molecule has 0 bridgehead atoms. The van der Waals surface area contributed by atoms with Crippen LogP contribution in [0.25, 0.3) is 77.9 Å². The standard InChI is InChI=1S/C29H27N3O3.C28H25N3O4.C24H17N3O4.C17H19NO2/c1-19-10-11-21(23-16-30-18-31-17-23)14-25(19)27(33)32-26-15-22(20-8-6-5-7-9-20)12-13-24(26)28(34)35-29(2,3)4;1-28(2,3)35-27(34)22-11-9-20(18-7-5-4-6-8-18)14-24(22)31-26(33)23-13-19(10-12-25(23)32)21-15-29-17-30-16-21;28-22-9-7-16(18-12-25-14-26-13-18)10-20(22)23(29)27-21-11-17(6-8-19(21)24(30)31)15-4-2-1-3-5-15;1-17(2,3)20-16(19)14-10-9-13(11-15(14)18)12-7-5-4-6-8-12/h5-18H,1-4H3,(H,32,33);4-17,32H,1-3H3,(H,31,33);1-14,28H,(H,27,29)(H,30,31);4-11H,18H2,1-3H3. The molecular weight excluding hydrogens is 1530 g/mol. The molecule has 11 aromatic carbocycles. The van der Waals surface area contributed by atoms with E-state index >= 15 is 0 Å². The number of nitrogens with zero attached hydrogens (tertiary/aromatic N) is 6. The number of aromatic nitrogens is 6. The Hall–Kier alpha value is -15.7. The molecule has 0 atom stereocenters. The zero-order chi connectivity index (χ0) is 86.5. The van der Waals surface area contributed by atoms with Crippen LogP contribution in [0.3, 0.4) is 0 Å². The van der Waals surface area contributed by atoms with E-state index in [0.29, 0.717) is 50.3 Å². The third kappa shape index (κ3) is 23.8. The molecule has 14 aromatic rings. The summed E-state index contributed by atoms with van der Waals surface area (Å²) in [7, 11) is 0. The number of anilines is 4. The van der Waals surface area contributed by atoms with E-state index in [1.807, 2.05) is 194 Å². The van der Waals surface area contributed by atoms with Gasteiger partial charge < -0.3 is 51.2 Å². The van der Waals surface area contributed by atoms with Gasteiger partial charge >= 0.3 is 23.9 Å². The Morgan fingerprint density at radius 1 is 0.289 bits per heavy atom. The summed E-state index contributed by atoms with van der Waals surface area (Å²) in [6, 6.07) is 74.1. The molecular formula is C98H88N10O13. The van der Waals surface area contributed by atoms with E-state index in [9.17, 15) is 48.9 Å². The highest BCUT2D eigenvalue weighted by atomic mass is 16.6. The number of carbonyl (C=O) groups excluding carboxylic acids is 6. The van der Waals surface area contributed by atoms with Gasteiger partial charge in [-0.25, -0.2) is 49.1 Å². The van der Waals surface area contributed by atoms with Crippen molar-refractivity contribution in [3.8, 4) is 89.4 Å². The minimum Gasteiger partial charge on any atom is -0.507 e. The number of aromatic hydroxyl groups is 2. The minimum absolute atomic E-state index is 0.00260. The molecule has 0 radical (unpaired) electrons. The molecule has 0 spiro atoms. The van der Waals surface area contributed by atoms with Crippen LogP contribution < -0.4 is 21.7 Å². The maximum Gasteiger partial charge on any atom is 0.340 e. The van der Waals surface area contributed by atoms with E-state index in [-0.39, 0.29) is 51.0 Å². The summed E-state index contributed by atoms with van der Waals surface area (Å²) < 4.78 is 16.5. The van der Waals surface area contributed by atoms with Crippen molar-refractivity contribution >= 4 is 64.3 Å². The summed E-state index contributed by atoms with van der Waals surface area (Å²) in [5.74, 6) is -4.58. The Bertz CT molecular complexity index is 5830. The van der Waals surface area contributed by atoms with Crippen molar-refractivity contribution in [3.63, 3.8) is 0 Å². The molecule has 23 heteroatoms. The number of phenolic OH excluding ortho intramolecular Hbond substituents is 2. The minimum atomic E-state index is -1.17.